The molecule has 130 valence electrons. The molecule has 0 unspecified atom stereocenters. The first kappa shape index (κ1) is 18.0. The Balaban J connectivity index is 1.63. The van der Waals surface area contributed by atoms with E-state index in [9.17, 15) is 9.18 Å². The third kappa shape index (κ3) is 4.26. The van der Waals surface area contributed by atoms with Crippen molar-refractivity contribution in [1.29, 1.82) is 0 Å². The van der Waals surface area contributed by atoms with Gasteiger partial charge in [0.2, 0.25) is 5.91 Å². The molecule has 0 spiro atoms. The van der Waals surface area contributed by atoms with Crippen LogP contribution in [0.5, 0.6) is 0 Å². The van der Waals surface area contributed by atoms with Gasteiger partial charge in [0.25, 0.3) is 5.22 Å². The number of benzene rings is 2. The van der Waals surface area contributed by atoms with Crippen molar-refractivity contribution in [3.05, 3.63) is 57.8 Å². The van der Waals surface area contributed by atoms with Gasteiger partial charge in [0, 0.05) is 35.3 Å². The van der Waals surface area contributed by atoms with Crippen LogP contribution in [0, 0.1) is 5.82 Å². The largest absolute Gasteiger partial charge is 0.431 e. The van der Waals surface area contributed by atoms with E-state index in [0.717, 1.165) is 0 Å². The van der Waals surface area contributed by atoms with E-state index in [1.807, 2.05) is 0 Å². The predicted octanol–water partition coefficient (Wildman–Crippen LogP) is 5.02. The van der Waals surface area contributed by atoms with Crippen LogP contribution in [0.15, 0.2) is 46.0 Å². The maximum atomic E-state index is 13.8. The summed E-state index contributed by atoms with van der Waals surface area (Å²) >= 11 is 13.1. The lowest BCUT2D eigenvalue weighted by Crippen LogP contribution is -2.28. The van der Waals surface area contributed by atoms with Gasteiger partial charge in [-0.1, -0.05) is 41.0 Å². The minimum atomic E-state index is -0.435. The van der Waals surface area contributed by atoms with Crippen LogP contribution in [0.3, 0.4) is 0 Å². The highest BCUT2D eigenvalue weighted by molar-refractivity contribution is 7.99. The molecule has 0 N–H and O–H groups in total. The molecular weight excluding hydrogens is 386 g/mol. The number of halogens is 3. The predicted molar refractivity (Wildman–Crippen MR) is 97.6 cm³/mol. The first-order valence-corrected chi connectivity index (χ1v) is 9.04. The first-order chi connectivity index (χ1) is 11.9. The molecule has 1 amide bonds. The molecule has 0 saturated heterocycles. The van der Waals surface area contributed by atoms with Gasteiger partial charge in [0.15, 0.2) is 5.58 Å². The SMILES string of the molecule is CN(Cc1c(F)cccc1Cl)C(=O)CSc1nc2ccc(Cl)cc2o1. The van der Waals surface area contributed by atoms with Crippen LogP contribution in [-0.4, -0.2) is 28.6 Å². The van der Waals surface area contributed by atoms with Crippen molar-refractivity contribution in [2.75, 3.05) is 12.8 Å². The molecule has 4 nitrogen and oxygen atoms in total. The topological polar surface area (TPSA) is 46.3 Å². The maximum absolute atomic E-state index is 13.8. The number of fused-ring (bicyclic) bond motifs is 1. The summed E-state index contributed by atoms with van der Waals surface area (Å²) in [5, 5.41) is 1.23. The van der Waals surface area contributed by atoms with Crippen molar-refractivity contribution in [2.45, 2.75) is 11.8 Å². The number of rotatable bonds is 5. The maximum Gasteiger partial charge on any atom is 0.257 e. The van der Waals surface area contributed by atoms with Crippen LogP contribution in [-0.2, 0) is 11.3 Å². The van der Waals surface area contributed by atoms with Gasteiger partial charge >= 0.3 is 0 Å². The number of hydrogen-bond acceptors (Lipinski definition) is 4. The van der Waals surface area contributed by atoms with Crippen LogP contribution < -0.4 is 0 Å². The monoisotopic (exact) mass is 398 g/mol. The van der Waals surface area contributed by atoms with Crippen LogP contribution in [0.25, 0.3) is 11.1 Å². The Morgan fingerprint density at radius 2 is 2.12 bits per heavy atom. The van der Waals surface area contributed by atoms with Gasteiger partial charge in [-0.25, -0.2) is 9.37 Å². The number of carbonyl (C=O) groups is 1. The van der Waals surface area contributed by atoms with Crippen LogP contribution in [0.2, 0.25) is 10.0 Å². The Labute approximate surface area is 157 Å². The zero-order chi connectivity index (χ0) is 18.0. The fourth-order valence-electron chi connectivity index (χ4n) is 2.18. The molecule has 25 heavy (non-hydrogen) atoms. The van der Waals surface area contributed by atoms with Crippen molar-refractivity contribution in [3.63, 3.8) is 0 Å². The van der Waals surface area contributed by atoms with Gasteiger partial charge in [-0.15, -0.1) is 0 Å². The standard InChI is InChI=1S/C17H13Cl2FN2O2S/c1-22(8-11-12(19)3-2-4-13(11)20)16(23)9-25-17-21-14-6-5-10(18)7-15(14)24-17/h2-7H,8-9H2,1H3. The Bertz CT molecular complexity index is 912. The highest BCUT2D eigenvalue weighted by Gasteiger charge is 2.16. The summed E-state index contributed by atoms with van der Waals surface area (Å²) in [6.45, 7) is 0.0913. The molecule has 0 radical (unpaired) electrons. The molecular formula is C17H13Cl2FN2O2S. The highest BCUT2D eigenvalue weighted by atomic mass is 35.5. The molecule has 3 rings (SSSR count). The second-order valence-corrected chi connectivity index (χ2v) is 7.10. The number of thioether (sulfide) groups is 1. The number of hydrogen-bond donors (Lipinski definition) is 0. The zero-order valence-corrected chi connectivity index (χ0v) is 15.5. The van der Waals surface area contributed by atoms with Crippen LogP contribution in [0.1, 0.15) is 5.56 Å². The number of carbonyl (C=O) groups excluding carboxylic acids is 1. The van der Waals surface area contributed by atoms with Gasteiger partial charge < -0.3 is 9.32 Å². The normalized spacial score (nSPS) is 11.0. The van der Waals surface area contributed by atoms with E-state index in [-0.39, 0.29) is 18.2 Å². The van der Waals surface area contributed by atoms with Crippen LogP contribution in [0.4, 0.5) is 4.39 Å². The second kappa shape index (κ2) is 7.64. The summed E-state index contributed by atoms with van der Waals surface area (Å²) in [5.41, 5.74) is 1.53. The lowest BCUT2D eigenvalue weighted by atomic mass is 10.2. The third-order valence-electron chi connectivity index (χ3n) is 3.53. The molecule has 2 aromatic carbocycles. The van der Waals surface area contributed by atoms with E-state index in [1.165, 1.54) is 28.8 Å². The Kier molecular flexibility index (Phi) is 5.51. The molecule has 1 aromatic heterocycles. The summed E-state index contributed by atoms with van der Waals surface area (Å²) in [4.78, 5) is 18.0. The fourth-order valence-corrected chi connectivity index (χ4v) is 3.35. The second-order valence-electron chi connectivity index (χ2n) is 5.33. The summed E-state index contributed by atoms with van der Waals surface area (Å²) in [6, 6.07) is 9.58. The average molecular weight is 399 g/mol. The molecule has 3 aromatic rings. The molecule has 0 aliphatic rings. The molecule has 1 heterocycles. The van der Waals surface area contributed by atoms with E-state index < -0.39 is 5.82 Å². The molecule has 0 bridgehead atoms. The quantitative estimate of drug-likeness (QED) is 0.565. The number of amides is 1. The summed E-state index contributed by atoms with van der Waals surface area (Å²) in [6.07, 6.45) is 0. The smallest absolute Gasteiger partial charge is 0.257 e. The van der Waals surface area contributed by atoms with Gasteiger partial charge in [-0.3, -0.25) is 4.79 Å². The summed E-state index contributed by atoms with van der Waals surface area (Å²) < 4.78 is 19.4. The van der Waals surface area contributed by atoms with Crippen molar-refractivity contribution >= 4 is 52.0 Å². The Morgan fingerprint density at radius 1 is 1.32 bits per heavy atom. The van der Waals surface area contributed by atoms with Crippen molar-refractivity contribution in [3.8, 4) is 0 Å². The molecule has 0 atom stereocenters. The molecule has 0 aliphatic heterocycles. The third-order valence-corrected chi connectivity index (χ3v) is 4.93. The van der Waals surface area contributed by atoms with E-state index in [2.05, 4.69) is 4.98 Å². The van der Waals surface area contributed by atoms with E-state index >= 15 is 0 Å². The van der Waals surface area contributed by atoms with Crippen molar-refractivity contribution in [1.82, 2.24) is 9.88 Å². The number of oxazole rings is 1. The molecule has 0 saturated carbocycles. The zero-order valence-electron chi connectivity index (χ0n) is 13.1. The van der Waals surface area contributed by atoms with E-state index in [1.54, 1.807) is 31.3 Å². The molecule has 0 aliphatic carbocycles. The highest BCUT2D eigenvalue weighted by Crippen LogP contribution is 2.26. The minimum absolute atomic E-state index is 0.0913. The van der Waals surface area contributed by atoms with Crippen LogP contribution >= 0.6 is 35.0 Å². The number of nitrogens with zero attached hydrogens (tertiary/aromatic N) is 2. The fraction of sp³-hybridized carbons (Fsp3) is 0.176. The number of aromatic nitrogens is 1. The minimum Gasteiger partial charge on any atom is -0.431 e. The van der Waals surface area contributed by atoms with E-state index in [4.69, 9.17) is 27.6 Å². The van der Waals surface area contributed by atoms with Gasteiger partial charge in [0.05, 0.1) is 5.75 Å². The van der Waals surface area contributed by atoms with Gasteiger partial charge in [-0.05, 0) is 24.3 Å². The van der Waals surface area contributed by atoms with Gasteiger partial charge in [-0.2, -0.15) is 0 Å². The lowest BCUT2D eigenvalue weighted by molar-refractivity contribution is -0.127. The average Bonchev–Trinajstić information content (AvgIpc) is 2.97. The van der Waals surface area contributed by atoms with Crippen molar-refractivity contribution in [2.24, 2.45) is 0 Å². The van der Waals surface area contributed by atoms with E-state index in [0.29, 0.717) is 31.9 Å². The first-order valence-electron chi connectivity index (χ1n) is 7.30. The molecule has 8 heteroatoms. The summed E-state index contributed by atoms with van der Waals surface area (Å²) in [5.74, 6) is -0.511. The Morgan fingerprint density at radius 3 is 2.88 bits per heavy atom. The van der Waals surface area contributed by atoms with Gasteiger partial charge in [0.1, 0.15) is 11.3 Å². The van der Waals surface area contributed by atoms with Crippen molar-refractivity contribution < 1.29 is 13.6 Å². The summed E-state index contributed by atoms with van der Waals surface area (Å²) in [7, 11) is 1.59. The Hall–Kier alpha value is -1.76. The molecule has 0 fully saturated rings. The lowest BCUT2D eigenvalue weighted by Gasteiger charge is -2.17.